The number of aryl methyl sites for hydroxylation is 1. The van der Waals surface area contributed by atoms with E-state index in [2.05, 4.69) is 94.7 Å². The lowest BCUT2D eigenvalue weighted by Crippen LogP contribution is -3.00. The molecule has 5 heteroatoms. The normalized spacial score (nSPS) is 14.7. The minimum atomic E-state index is 0. The molecule has 1 aromatic heterocycles. The van der Waals surface area contributed by atoms with Crippen molar-refractivity contribution in [2.75, 3.05) is 25.7 Å². The number of rotatable bonds is 5. The Morgan fingerprint density at radius 1 is 0.794 bits per heavy atom. The van der Waals surface area contributed by atoms with Gasteiger partial charge >= 0.3 is 0 Å². The number of benzene rings is 3. The molecule has 1 aliphatic heterocycles. The second kappa shape index (κ2) is 10.5. The number of hydrogen-bond acceptors (Lipinski definition) is 3. The van der Waals surface area contributed by atoms with Crippen LogP contribution >= 0.6 is 0 Å². The zero-order chi connectivity index (χ0) is 22.8. The smallest absolute Gasteiger partial charge is 0.169 e. The minimum absolute atomic E-state index is 0. The highest BCUT2D eigenvalue weighted by Gasteiger charge is 2.29. The first kappa shape index (κ1) is 24.1. The molecule has 1 unspecified atom stereocenters. The Balaban J connectivity index is 0.00000274. The van der Waals surface area contributed by atoms with Crippen molar-refractivity contribution in [1.82, 2.24) is 0 Å². The van der Waals surface area contributed by atoms with Crippen LogP contribution in [0.4, 0.5) is 5.69 Å². The van der Waals surface area contributed by atoms with Gasteiger partial charge in [0.2, 0.25) is 0 Å². The number of ether oxygens (including phenoxy) is 2. The summed E-state index contributed by atoms with van der Waals surface area (Å²) in [6.45, 7) is 0.926. The van der Waals surface area contributed by atoms with Gasteiger partial charge in [-0.2, -0.15) is 0 Å². The molecule has 0 aliphatic carbocycles. The molecule has 0 saturated carbocycles. The standard InChI is InChI=1S/C29H29N2O2.HI/c1-30-16-13-22(14-17-30)21-7-9-23(10-8-21)29-28-12-11-27(33-3)19-24(28)15-18-31(29)25-5-4-6-26(20-25)32-2;/h4-14,16-17,19-20,29H,15,18H2,1-3H3;1H/q+1;/p-1. The summed E-state index contributed by atoms with van der Waals surface area (Å²) in [4.78, 5) is 2.48. The molecule has 0 radical (unpaired) electrons. The van der Waals surface area contributed by atoms with Crippen LogP contribution in [-0.2, 0) is 13.5 Å². The largest absolute Gasteiger partial charge is 1.00 e. The SMILES string of the molecule is COc1cccc(N2CCc3cc(OC)ccc3C2c2ccc(-c3cc[n+](C)cc3)cc2)c1.[I-]. The lowest BCUT2D eigenvalue weighted by atomic mass is 9.87. The molecule has 5 rings (SSSR count). The van der Waals surface area contributed by atoms with Gasteiger partial charge in [-0.05, 0) is 58.5 Å². The van der Waals surface area contributed by atoms with Gasteiger partial charge in [-0.3, -0.25) is 0 Å². The number of aromatic nitrogens is 1. The van der Waals surface area contributed by atoms with E-state index in [9.17, 15) is 0 Å². The van der Waals surface area contributed by atoms with E-state index in [-0.39, 0.29) is 30.0 Å². The second-order valence-corrected chi connectivity index (χ2v) is 8.49. The van der Waals surface area contributed by atoms with Crippen molar-refractivity contribution >= 4 is 5.69 Å². The topological polar surface area (TPSA) is 25.6 Å². The number of hydrogen-bond donors (Lipinski definition) is 0. The van der Waals surface area contributed by atoms with E-state index >= 15 is 0 Å². The summed E-state index contributed by atoms with van der Waals surface area (Å²) < 4.78 is 13.1. The lowest BCUT2D eigenvalue weighted by Gasteiger charge is -2.39. The number of nitrogens with zero attached hydrogens (tertiary/aromatic N) is 2. The van der Waals surface area contributed by atoms with Crippen LogP contribution in [0.25, 0.3) is 11.1 Å². The highest BCUT2D eigenvalue weighted by Crippen LogP contribution is 2.40. The Hall–Kier alpha value is -3.06. The first-order valence-corrected chi connectivity index (χ1v) is 11.3. The summed E-state index contributed by atoms with van der Waals surface area (Å²) in [5, 5.41) is 0. The molecular weight excluding hydrogens is 535 g/mol. The Labute approximate surface area is 218 Å². The Morgan fingerprint density at radius 3 is 2.18 bits per heavy atom. The summed E-state index contributed by atoms with van der Waals surface area (Å²) >= 11 is 0. The molecule has 174 valence electrons. The van der Waals surface area contributed by atoms with Gasteiger partial charge in [0.25, 0.3) is 0 Å². The third-order valence-electron chi connectivity index (χ3n) is 6.50. The minimum Gasteiger partial charge on any atom is -1.00 e. The van der Waals surface area contributed by atoms with E-state index in [1.54, 1.807) is 14.2 Å². The maximum absolute atomic E-state index is 5.51. The summed E-state index contributed by atoms with van der Waals surface area (Å²) in [5.74, 6) is 1.79. The van der Waals surface area contributed by atoms with Crippen LogP contribution in [-0.4, -0.2) is 20.8 Å². The van der Waals surface area contributed by atoms with Crippen LogP contribution in [0.2, 0.25) is 0 Å². The van der Waals surface area contributed by atoms with Crippen molar-refractivity contribution in [3.63, 3.8) is 0 Å². The van der Waals surface area contributed by atoms with Crippen LogP contribution in [0.1, 0.15) is 22.7 Å². The van der Waals surface area contributed by atoms with Gasteiger partial charge in [0.1, 0.15) is 18.5 Å². The van der Waals surface area contributed by atoms with Gasteiger partial charge in [0.05, 0.1) is 20.3 Å². The van der Waals surface area contributed by atoms with Crippen LogP contribution in [0.3, 0.4) is 0 Å². The fraction of sp³-hybridized carbons (Fsp3) is 0.207. The van der Waals surface area contributed by atoms with Crippen molar-refractivity contribution in [2.45, 2.75) is 12.5 Å². The van der Waals surface area contributed by atoms with E-state index in [0.29, 0.717) is 0 Å². The van der Waals surface area contributed by atoms with Gasteiger partial charge in [-0.25, -0.2) is 4.57 Å². The molecule has 3 aromatic carbocycles. The van der Waals surface area contributed by atoms with E-state index < -0.39 is 0 Å². The summed E-state index contributed by atoms with van der Waals surface area (Å²) in [6.07, 6.45) is 5.14. The Morgan fingerprint density at radius 2 is 1.47 bits per heavy atom. The zero-order valence-corrected chi connectivity index (χ0v) is 21.9. The summed E-state index contributed by atoms with van der Waals surface area (Å²) in [6, 6.07) is 28.2. The number of fused-ring (bicyclic) bond motifs is 1. The molecule has 0 saturated heterocycles. The molecule has 0 spiro atoms. The van der Waals surface area contributed by atoms with Crippen LogP contribution in [0.5, 0.6) is 11.5 Å². The van der Waals surface area contributed by atoms with Crippen LogP contribution in [0.15, 0.2) is 91.3 Å². The first-order chi connectivity index (χ1) is 16.2. The third-order valence-corrected chi connectivity index (χ3v) is 6.50. The lowest BCUT2D eigenvalue weighted by molar-refractivity contribution is -0.671. The number of pyridine rings is 1. The number of anilines is 1. The maximum Gasteiger partial charge on any atom is 0.169 e. The second-order valence-electron chi connectivity index (χ2n) is 8.49. The van der Waals surface area contributed by atoms with Crippen molar-refractivity contribution in [1.29, 1.82) is 0 Å². The first-order valence-electron chi connectivity index (χ1n) is 11.3. The molecule has 0 amide bonds. The van der Waals surface area contributed by atoms with Crippen molar-refractivity contribution in [3.8, 4) is 22.6 Å². The van der Waals surface area contributed by atoms with Crippen LogP contribution in [0, 0.1) is 0 Å². The molecule has 34 heavy (non-hydrogen) atoms. The van der Waals surface area contributed by atoms with E-state index in [1.165, 1.54) is 33.5 Å². The van der Waals surface area contributed by atoms with Crippen molar-refractivity contribution < 1.29 is 38.0 Å². The molecule has 0 bridgehead atoms. The van der Waals surface area contributed by atoms with E-state index in [0.717, 1.165) is 24.5 Å². The fourth-order valence-electron chi connectivity index (χ4n) is 4.71. The van der Waals surface area contributed by atoms with Gasteiger partial charge in [0.15, 0.2) is 12.4 Å². The maximum atomic E-state index is 5.51. The quantitative estimate of drug-likeness (QED) is 0.275. The average molecular weight is 564 g/mol. The average Bonchev–Trinajstić information content (AvgIpc) is 2.88. The summed E-state index contributed by atoms with van der Waals surface area (Å²) in [5.41, 5.74) is 7.55. The number of methoxy groups -OCH3 is 2. The van der Waals surface area contributed by atoms with Crippen LogP contribution < -0.4 is 42.9 Å². The zero-order valence-electron chi connectivity index (χ0n) is 19.7. The molecule has 1 atom stereocenters. The third kappa shape index (κ3) is 4.75. The molecule has 0 fully saturated rings. The molecule has 4 nitrogen and oxygen atoms in total. The predicted octanol–water partition coefficient (Wildman–Crippen LogP) is 2.35. The van der Waals surface area contributed by atoms with Gasteiger partial charge < -0.3 is 38.4 Å². The van der Waals surface area contributed by atoms with E-state index in [1.807, 2.05) is 13.1 Å². The number of halogens is 1. The molecule has 1 aliphatic rings. The summed E-state index contributed by atoms with van der Waals surface area (Å²) in [7, 11) is 5.49. The van der Waals surface area contributed by atoms with E-state index in [4.69, 9.17) is 9.47 Å². The van der Waals surface area contributed by atoms with Gasteiger partial charge in [-0.1, -0.05) is 36.4 Å². The van der Waals surface area contributed by atoms with Crippen molar-refractivity contribution in [3.05, 3.63) is 108 Å². The highest BCUT2D eigenvalue weighted by molar-refractivity contribution is 5.64. The molecular formula is C29H29IN2O2. The predicted molar refractivity (Wildman–Crippen MR) is 132 cm³/mol. The monoisotopic (exact) mass is 564 g/mol. The Kier molecular flexibility index (Phi) is 7.41. The van der Waals surface area contributed by atoms with Gasteiger partial charge in [-0.15, -0.1) is 0 Å². The molecule has 0 N–H and O–H groups in total. The van der Waals surface area contributed by atoms with Gasteiger partial charge in [0, 0.05) is 30.4 Å². The molecule has 2 heterocycles. The van der Waals surface area contributed by atoms with Crippen molar-refractivity contribution in [2.24, 2.45) is 7.05 Å². The fourth-order valence-corrected chi connectivity index (χ4v) is 4.71. The highest BCUT2D eigenvalue weighted by atomic mass is 127. The Bertz CT molecular complexity index is 1260. The molecule has 4 aromatic rings.